The van der Waals surface area contributed by atoms with Crippen molar-refractivity contribution in [3.8, 4) is 16.9 Å². The summed E-state index contributed by atoms with van der Waals surface area (Å²) in [5, 5.41) is 4.26. The van der Waals surface area contributed by atoms with Crippen LogP contribution in [0, 0.1) is 0 Å². The van der Waals surface area contributed by atoms with E-state index in [1.807, 2.05) is 4.90 Å². The highest BCUT2D eigenvalue weighted by molar-refractivity contribution is 5.65. The Hall–Kier alpha value is -2.95. The smallest absolute Gasteiger partial charge is 0.406 e. The molecule has 0 atom stereocenters. The lowest BCUT2D eigenvalue weighted by atomic mass is 10.1. The lowest BCUT2D eigenvalue weighted by Gasteiger charge is -2.31. The van der Waals surface area contributed by atoms with E-state index in [1.54, 1.807) is 18.3 Å². The van der Waals surface area contributed by atoms with Gasteiger partial charge in [-0.2, -0.15) is 0 Å². The zero-order chi connectivity index (χ0) is 22.2. The summed E-state index contributed by atoms with van der Waals surface area (Å²) in [5.74, 6) is -2.96. The Morgan fingerprint density at radius 2 is 1.61 bits per heavy atom. The molecule has 3 heterocycles. The van der Waals surface area contributed by atoms with E-state index in [1.165, 1.54) is 33.3 Å². The van der Waals surface area contributed by atoms with Crippen LogP contribution in [0.3, 0.4) is 0 Å². The van der Waals surface area contributed by atoms with E-state index in [-0.39, 0.29) is 43.9 Å². The quantitative estimate of drug-likeness (QED) is 0.565. The van der Waals surface area contributed by atoms with Gasteiger partial charge in [-0.25, -0.2) is 22.7 Å². The number of hydrogen-bond donors (Lipinski definition) is 0. The van der Waals surface area contributed by atoms with E-state index in [0.717, 1.165) is 0 Å². The fourth-order valence-electron chi connectivity index (χ4n) is 3.52. The monoisotopic (exact) mass is 442 g/mol. The molecule has 0 aliphatic carbocycles. The van der Waals surface area contributed by atoms with Gasteiger partial charge in [0.05, 0.1) is 6.54 Å². The molecule has 1 fully saturated rings. The predicted octanol–water partition coefficient (Wildman–Crippen LogP) is 3.79. The second kappa shape index (κ2) is 7.95. The third kappa shape index (κ3) is 5.04. The van der Waals surface area contributed by atoms with Crippen molar-refractivity contribution >= 4 is 5.65 Å². The van der Waals surface area contributed by atoms with E-state index >= 15 is 0 Å². The number of benzene rings is 1. The van der Waals surface area contributed by atoms with Gasteiger partial charge in [0.15, 0.2) is 5.65 Å². The Morgan fingerprint density at radius 1 is 0.968 bits per heavy atom. The largest absolute Gasteiger partial charge is 0.573 e. The van der Waals surface area contributed by atoms with Crippen molar-refractivity contribution in [2.24, 2.45) is 0 Å². The van der Waals surface area contributed by atoms with E-state index in [2.05, 4.69) is 9.84 Å². The average molecular weight is 442 g/mol. The minimum Gasteiger partial charge on any atom is -0.406 e. The molecule has 0 spiro atoms. The van der Waals surface area contributed by atoms with Crippen LogP contribution in [0.1, 0.15) is 12.8 Å². The van der Waals surface area contributed by atoms with Crippen LogP contribution in [0.15, 0.2) is 47.4 Å². The lowest BCUT2D eigenvalue weighted by molar-refractivity contribution is -0.274. The Bertz CT molecular complexity index is 1110. The van der Waals surface area contributed by atoms with Crippen molar-refractivity contribution in [3.63, 3.8) is 0 Å². The van der Waals surface area contributed by atoms with Crippen LogP contribution >= 0.6 is 0 Å². The number of alkyl halides is 5. The highest BCUT2D eigenvalue weighted by Gasteiger charge is 2.33. The van der Waals surface area contributed by atoms with Crippen LogP contribution in [0.2, 0.25) is 0 Å². The topological polar surface area (TPSA) is 51.8 Å². The second-order valence-electron chi connectivity index (χ2n) is 7.42. The molecule has 0 saturated carbocycles. The Kier molecular flexibility index (Phi) is 5.46. The third-order valence-electron chi connectivity index (χ3n) is 5.21. The molecular formula is C20H19F5N4O2. The van der Waals surface area contributed by atoms with Crippen LogP contribution < -0.4 is 10.4 Å². The van der Waals surface area contributed by atoms with Gasteiger partial charge < -0.3 is 9.64 Å². The average Bonchev–Trinajstić information content (AvgIpc) is 3.02. The second-order valence-corrected chi connectivity index (χ2v) is 7.42. The van der Waals surface area contributed by atoms with Crippen molar-refractivity contribution in [2.75, 3.05) is 19.6 Å². The van der Waals surface area contributed by atoms with Crippen LogP contribution in [-0.4, -0.2) is 51.0 Å². The van der Waals surface area contributed by atoms with Gasteiger partial charge >= 0.3 is 12.1 Å². The van der Waals surface area contributed by atoms with Gasteiger partial charge in [0.25, 0.3) is 5.92 Å². The van der Waals surface area contributed by atoms with Crippen LogP contribution in [0.5, 0.6) is 5.75 Å². The summed E-state index contributed by atoms with van der Waals surface area (Å²) in [7, 11) is 0. The van der Waals surface area contributed by atoms with Crippen LogP contribution in [0.4, 0.5) is 22.0 Å². The number of nitrogens with zero attached hydrogens (tertiary/aromatic N) is 4. The molecular weight excluding hydrogens is 423 g/mol. The number of piperidine rings is 1. The number of hydrogen-bond acceptors (Lipinski definition) is 4. The number of halogens is 5. The molecule has 6 nitrogen and oxygen atoms in total. The molecule has 0 amide bonds. The highest BCUT2D eigenvalue weighted by Crippen LogP contribution is 2.28. The summed E-state index contributed by atoms with van der Waals surface area (Å²) in [6.45, 7) is 1.25. The number of aromatic nitrogens is 3. The molecule has 0 radical (unpaired) electrons. The van der Waals surface area contributed by atoms with Crippen molar-refractivity contribution in [3.05, 3.63) is 53.1 Å². The standard InChI is InChI=1S/C20H19F5N4O2/c21-19(22)7-9-27(10-8-19)11-12-29-18(30)28-13-15(3-6-17(28)26-29)14-1-4-16(5-2-14)31-20(23,24)25/h1-6,13H,7-12H2. The third-order valence-corrected chi connectivity index (χ3v) is 5.21. The van der Waals surface area contributed by atoms with Gasteiger partial charge in [-0.1, -0.05) is 12.1 Å². The number of fused-ring (bicyclic) bond motifs is 1. The first-order chi connectivity index (χ1) is 14.6. The molecule has 0 unspecified atom stereocenters. The molecule has 11 heteroatoms. The summed E-state index contributed by atoms with van der Waals surface area (Å²) in [6.07, 6.45) is -3.59. The summed E-state index contributed by atoms with van der Waals surface area (Å²) >= 11 is 0. The number of likely N-dealkylation sites (tertiary alicyclic amines) is 1. The fraction of sp³-hybridized carbons (Fsp3) is 0.400. The Morgan fingerprint density at radius 3 is 2.26 bits per heavy atom. The fourth-order valence-corrected chi connectivity index (χ4v) is 3.52. The van der Waals surface area contributed by atoms with Crippen molar-refractivity contribution in [1.29, 1.82) is 0 Å². The molecule has 0 N–H and O–H groups in total. The van der Waals surface area contributed by atoms with Gasteiger partial charge in [0.2, 0.25) is 0 Å². The molecule has 1 aliphatic rings. The zero-order valence-electron chi connectivity index (χ0n) is 16.3. The minimum atomic E-state index is -4.77. The molecule has 31 heavy (non-hydrogen) atoms. The molecule has 1 saturated heterocycles. The Labute approximate surface area is 173 Å². The zero-order valence-corrected chi connectivity index (χ0v) is 16.3. The number of ether oxygens (including phenoxy) is 1. The molecule has 4 rings (SSSR count). The van der Waals surface area contributed by atoms with Crippen molar-refractivity contribution in [1.82, 2.24) is 19.1 Å². The summed E-state index contributed by atoms with van der Waals surface area (Å²) in [5.41, 5.74) is 1.25. The lowest BCUT2D eigenvalue weighted by Crippen LogP contribution is -2.41. The van der Waals surface area contributed by atoms with Gasteiger partial charge in [0, 0.05) is 38.7 Å². The first-order valence-corrected chi connectivity index (χ1v) is 9.65. The van der Waals surface area contributed by atoms with E-state index < -0.39 is 12.3 Å². The van der Waals surface area contributed by atoms with E-state index in [4.69, 9.17) is 0 Å². The molecule has 0 bridgehead atoms. The SMILES string of the molecule is O=c1n(CCN2CCC(F)(F)CC2)nc2ccc(-c3ccc(OC(F)(F)F)cc3)cn12. The van der Waals surface area contributed by atoms with Gasteiger partial charge in [-0.3, -0.25) is 0 Å². The summed E-state index contributed by atoms with van der Waals surface area (Å²) in [6, 6.07) is 8.66. The number of rotatable bonds is 5. The van der Waals surface area contributed by atoms with Gasteiger partial charge in [0.1, 0.15) is 5.75 Å². The van der Waals surface area contributed by atoms with Crippen molar-refractivity contribution < 1.29 is 26.7 Å². The summed E-state index contributed by atoms with van der Waals surface area (Å²) < 4.78 is 69.9. The maximum absolute atomic E-state index is 13.3. The van der Waals surface area contributed by atoms with E-state index in [0.29, 0.717) is 23.3 Å². The maximum atomic E-state index is 13.3. The summed E-state index contributed by atoms with van der Waals surface area (Å²) in [4.78, 5) is 14.6. The predicted molar refractivity (Wildman–Crippen MR) is 102 cm³/mol. The normalized spacial score (nSPS) is 17.2. The molecule has 2 aromatic heterocycles. The molecule has 1 aromatic carbocycles. The van der Waals surface area contributed by atoms with Gasteiger partial charge in [-0.05, 0) is 35.4 Å². The van der Waals surface area contributed by atoms with Gasteiger partial charge in [-0.15, -0.1) is 18.3 Å². The first-order valence-electron chi connectivity index (χ1n) is 9.65. The van der Waals surface area contributed by atoms with Crippen LogP contribution in [-0.2, 0) is 6.54 Å². The highest BCUT2D eigenvalue weighted by atomic mass is 19.4. The first kappa shape index (κ1) is 21.3. The Balaban J connectivity index is 1.48. The van der Waals surface area contributed by atoms with Crippen LogP contribution in [0.25, 0.3) is 16.8 Å². The number of pyridine rings is 1. The molecule has 3 aromatic rings. The molecule has 166 valence electrons. The maximum Gasteiger partial charge on any atom is 0.573 e. The molecule has 1 aliphatic heterocycles. The minimum absolute atomic E-state index is 0.191. The van der Waals surface area contributed by atoms with E-state index in [9.17, 15) is 26.7 Å². The van der Waals surface area contributed by atoms with Crippen molar-refractivity contribution in [2.45, 2.75) is 31.7 Å².